The molecule has 152 valence electrons. The quantitative estimate of drug-likeness (QED) is 0.790. The zero-order valence-corrected chi connectivity index (χ0v) is 17.1. The number of amides is 1. The molecular formula is C24H28N2O3. The van der Waals surface area contributed by atoms with Gasteiger partial charge in [-0.25, -0.2) is 0 Å². The van der Waals surface area contributed by atoms with Crippen LogP contribution >= 0.6 is 0 Å². The van der Waals surface area contributed by atoms with E-state index in [0.29, 0.717) is 29.5 Å². The Morgan fingerprint density at radius 2 is 1.86 bits per heavy atom. The summed E-state index contributed by atoms with van der Waals surface area (Å²) in [6, 6.07) is 14.9. The van der Waals surface area contributed by atoms with E-state index in [9.17, 15) is 14.7 Å². The Morgan fingerprint density at radius 3 is 2.59 bits per heavy atom. The summed E-state index contributed by atoms with van der Waals surface area (Å²) in [6.07, 6.45) is 3.18. The largest absolute Gasteiger partial charge is 0.375 e. The summed E-state index contributed by atoms with van der Waals surface area (Å²) in [5.74, 6) is -0.638. The van der Waals surface area contributed by atoms with E-state index in [0.717, 1.165) is 24.9 Å². The van der Waals surface area contributed by atoms with E-state index in [1.165, 1.54) is 6.42 Å². The number of anilines is 1. The van der Waals surface area contributed by atoms with E-state index in [1.807, 2.05) is 31.2 Å². The van der Waals surface area contributed by atoms with Crippen LogP contribution in [0.15, 0.2) is 48.5 Å². The van der Waals surface area contributed by atoms with E-state index in [2.05, 4.69) is 11.8 Å². The van der Waals surface area contributed by atoms with E-state index in [1.54, 1.807) is 29.2 Å². The highest BCUT2D eigenvalue weighted by atomic mass is 16.3. The summed E-state index contributed by atoms with van der Waals surface area (Å²) in [5.41, 5.74) is 0.976. The minimum absolute atomic E-state index is 0.233. The molecule has 0 spiro atoms. The monoisotopic (exact) mass is 392 g/mol. The fourth-order valence-corrected chi connectivity index (χ4v) is 4.44. The molecule has 1 saturated heterocycles. The second-order valence-corrected chi connectivity index (χ2v) is 8.38. The fraction of sp³-hybridized carbons (Fsp3) is 0.417. The average Bonchev–Trinajstić information content (AvgIpc) is 2.92. The second kappa shape index (κ2) is 7.73. The van der Waals surface area contributed by atoms with Gasteiger partial charge in [-0.15, -0.1) is 0 Å². The third-order valence-electron chi connectivity index (χ3n) is 6.29. The van der Waals surface area contributed by atoms with Gasteiger partial charge in [-0.3, -0.25) is 19.4 Å². The van der Waals surface area contributed by atoms with Crippen molar-refractivity contribution >= 4 is 17.4 Å². The van der Waals surface area contributed by atoms with Gasteiger partial charge < -0.3 is 5.11 Å². The zero-order valence-electron chi connectivity index (χ0n) is 17.1. The van der Waals surface area contributed by atoms with Gasteiger partial charge in [0.1, 0.15) is 0 Å². The van der Waals surface area contributed by atoms with Crippen LogP contribution in [0.25, 0.3) is 0 Å². The fourth-order valence-electron chi connectivity index (χ4n) is 4.44. The van der Waals surface area contributed by atoms with Crippen LogP contribution in [0, 0.1) is 6.92 Å². The van der Waals surface area contributed by atoms with Gasteiger partial charge in [-0.05, 0) is 32.8 Å². The van der Waals surface area contributed by atoms with Crippen molar-refractivity contribution in [3.8, 4) is 0 Å². The Bertz CT molecular complexity index is 924. The highest BCUT2D eigenvalue weighted by molar-refractivity contribution is 6.10. The Kier molecular flexibility index (Phi) is 5.28. The number of likely N-dealkylation sites (tertiary alicyclic amines) is 1. The van der Waals surface area contributed by atoms with Gasteiger partial charge in [0.25, 0.3) is 5.91 Å². The molecule has 2 aliphatic rings. The van der Waals surface area contributed by atoms with Crippen LogP contribution in [0.3, 0.4) is 0 Å². The lowest BCUT2D eigenvalue weighted by Gasteiger charge is -2.36. The summed E-state index contributed by atoms with van der Waals surface area (Å²) in [4.78, 5) is 30.2. The molecule has 0 radical (unpaired) electrons. The van der Waals surface area contributed by atoms with Gasteiger partial charge in [0.15, 0.2) is 11.4 Å². The van der Waals surface area contributed by atoms with Crippen molar-refractivity contribution in [3.63, 3.8) is 0 Å². The number of piperidine rings is 1. The number of carbonyl (C=O) groups excluding carboxylic acids is 2. The summed E-state index contributed by atoms with van der Waals surface area (Å²) in [7, 11) is 0. The number of rotatable bonds is 5. The van der Waals surface area contributed by atoms with E-state index in [4.69, 9.17) is 0 Å². The number of ketones is 1. The van der Waals surface area contributed by atoms with Gasteiger partial charge in [0, 0.05) is 23.7 Å². The number of hydrogen-bond acceptors (Lipinski definition) is 4. The van der Waals surface area contributed by atoms with Crippen LogP contribution in [-0.2, 0) is 10.4 Å². The first-order chi connectivity index (χ1) is 13.9. The molecular weight excluding hydrogens is 364 g/mol. The number of hydrogen-bond donors (Lipinski definition) is 1. The third-order valence-corrected chi connectivity index (χ3v) is 6.29. The van der Waals surface area contributed by atoms with E-state index < -0.39 is 11.5 Å². The third kappa shape index (κ3) is 3.61. The molecule has 5 heteroatoms. The molecule has 1 fully saturated rings. The first kappa shape index (κ1) is 19.8. The molecule has 0 bridgehead atoms. The van der Waals surface area contributed by atoms with Gasteiger partial charge in [0.2, 0.25) is 0 Å². The minimum atomic E-state index is -1.82. The Labute approximate surface area is 171 Å². The van der Waals surface area contributed by atoms with E-state index in [-0.39, 0.29) is 12.2 Å². The maximum atomic E-state index is 13.4. The number of fused-ring (bicyclic) bond motifs is 1. The van der Waals surface area contributed by atoms with Crippen molar-refractivity contribution < 1.29 is 14.7 Å². The number of nitrogens with zero attached hydrogens (tertiary/aromatic N) is 2. The molecule has 5 nitrogen and oxygen atoms in total. The lowest BCUT2D eigenvalue weighted by Crippen LogP contribution is -2.49. The molecule has 29 heavy (non-hydrogen) atoms. The Balaban J connectivity index is 1.62. The van der Waals surface area contributed by atoms with Gasteiger partial charge in [-0.1, -0.05) is 54.4 Å². The first-order valence-electron chi connectivity index (χ1n) is 10.4. The molecule has 0 aliphatic carbocycles. The van der Waals surface area contributed by atoms with Gasteiger partial charge >= 0.3 is 0 Å². The molecule has 1 N–H and O–H groups in total. The second-order valence-electron chi connectivity index (χ2n) is 8.38. The molecule has 2 atom stereocenters. The minimum Gasteiger partial charge on any atom is -0.375 e. The smallest absolute Gasteiger partial charge is 0.265 e. The predicted octanol–water partition coefficient (Wildman–Crippen LogP) is 3.63. The highest BCUT2D eigenvalue weighted by Crippen LogP contribution is 2.43. The van der Waals surface area contributed by atoms with Crippen molar-refractivity contribution in [1.29, 1.82) is 0 Å². The van der Waals surface area contributed by atoms with Crippen molar-refractivity contribution in [3.05, 3.63) is 65.2 Å². The first-order valence-corrected chi connectivity index (χ1v) is 10.4. The van der Waals surface area contributed by atoms with Crippen LogP contribution in [0.4, 0.5) is 5.69 Å². The molecule has 4 rings (SSSR count). The van der Waals surface area contributed by atoms with Crippen LogP contribution in [0.2, 0.25) is 0 Å². The zero-order chi connectivity index (χ0) is 20.6. The summed E-state index contributed by atoms with van der Waals surface area (Å²) in [6.45, 7) is 5.52. The number of para-hydroxylation sites is 1. The lowest BCUT2D eigenvalue weighted by atomic mass is 9.88. The molecule has 2 aliphatic heterocycles. The summed E-state index contributed by atoms with van der Waals surface area (Å²) in [5, 5.41) is 11.4. The molecule has 0 aromatic heterocycles. The number of carbonyl (C=O) groups is 2. The predicted molar refractivity (Wildman–Crippen MR) is 113 cm³/mol. The molecule has 2 aromatic carbocycles. The maximum Gasteiger partial charge on any atom is 0.265 e. The number of Topliss-reactive ketones (excluding diaryl/α,β-unsaturated/α-hetero) is 1. The number of aryl methyl sites for hydroxylation is 1. The van der Waals surface area contributed by atoms with Crippen molar-refractivity contribution in [2.24, 2.45) is 0 Å². The molecule has 2 heterocycles. The van der Waals surface area contributed by atoms with E-state index >= 15 is 0 Å². The van der Waals surface area contributed by atoms with Crippen LogP contribution in [0.5, 0.6) is 0 Å². The number of benzene rings is 2. The van der Waals surface area contributed by atoms with Crippen molar-refractivity contribution in [1.82, 2.24) is 4.90 Å². The topological polar surface area (TPSA) is 60.9 Å². The summed E-state index contributed by atoms with van der Waals surface area (Å²) < 4.78 is 0. The molecule has 0 saturated carbocycles. The lowest BCUT2D eigenvalue weighted by molar-refractivity contribution is -0.136. The van der Waals surface area contributed by atoms with Gasteiger partial charge in [0.05, 0.1) is 18.8 Å². The standard InChI is InChI=1S/C24H28N2O3/c1-17-10-12-19(13-11-17)22(27)15-24(29)20-8-3-4-9-21(20)26(23(24)28)16-25-14-6-5-7-18(25)2/h3-4,8-13,18,29H,5-7,14-16H2,1-2H3/t18-,24+/m1/s1. The van der Waals surface area contributed by atoms with Gasteiger partial charge in [-0.2, -0.15) is 0 Å². The Morgan fingerprint density at radius 1 is 1.14 bits per heavy atom. The van der Waals surface area contributed by atoms with Crippen LogP contribution in [-0.4, -0.2) is 41.0 Å². The van der Waals surface area contributed by atoms with Crippen LogP contribution < -0.4 is 4.90 Å². The van der Waals surface area contributed by atoms with Crippen molar-refractivity contribution in [2.75, 3.05) is 18.1 Å². The maximum absolute atomic E-state index is 13.4. The average molecular weight is 392 g/mol. The molecule has 2 aromatic rings. The molecule has 0 unspecified atom stereocenters. The van der Waals surface area contributed by atoms with Crippen molar-refractivity contribution in [2.45, 2.75) is 51.2 Å². The van der Waals surface area contributed by atoms with Crippen LogP contribution in [0.1, 0.15) is 54.1 Å². The Hall–Kier alpha value is -2.50. The normalized spacial score (nSPS) is 24.6. The SMILES string of the molecule is Cc1ccc(C(=O)C[C@@]2(O)C(=O)N(CN3CCCC[C@H]3C)c3ccccc32)cc1. The molecule has 1 amide bonds. The number of aliphatic hydroxyl groups is 1. The summed E-state index contributed by atoms with van der Waals surface area (Å²) >= 11 is 0. The highest BCUT2D eigenvalue weighted by Gasteiger charge is 2.51.